The summed E-state index contributed by atoms with van der Waals surface area (Å²) in [5, 5.41) is 3.58. The summed E-state index contributed by atoms with van der Waals surface area (Å²) in [5.41, 5.74) is 6.29. The highest BCUT2D eigenvalue weighted by atomic mass is 35.5. The molecule has 2 amide bonds. The molecule has 0 aliphatic carbocycles. The number of thioether (sulfide) groups is 1. The van der Waals surface area contributed by atoms with Crippen LogP contribution in [0.3, 0.4) is 0 Å². The Morgan fingerprint density at radius 3 is 2.68 bits per heavy atom. The molecule has 8 heteroatoms. The average molecular weight is 406 g/mol. The summed E-state index contributed by atoms with van der Waals surface area (Å²) in [4.78, 5) is 26.9. The number of amides is 2. The van der Waals surface area contributed by atoms with E-state index in [4.69, 9.17) is 17.3 Å². The Balaban J connectivity index is 0.00000312. The number of hydrogen-bond acceptors (Lipinski definition) is 4. The van der Waals surface area contributed by atoms with Gasteiger partial charge in [0.05, 0.1) is 5.88 Å². The molecular weight excluding hydrogens is 381 g/mol. The SMILES string of the molecule is CCCCC(CN)NC(=O)C1CSCN1C(=O)c1ccc(Cl)cc1.Cl. The van der Waals surface area contributed by atoms with Gasteiger partial charge < -0.3 is 16.0 Å². The molecule has 140 valence electrons. The van der Waals surface area contributed by atoms with Crippen molar-refractivity contribution < 1.29 is 9.59 Å². The predicted molar refractivity (Wildman–Crippen MR) is 106 cm³/mol. The molecule has 0 saturated carbocycles. The number of unbranched alkanes of at least 4 members (excludes halogenated alkanes) is 1. The molecule has 2 unspecified atom stereocenters. The number of halogens is 2. The van der Waals surface area contributed by atoms with Gasteiger partial charge in [-0.1, -0.05) is 31.4 Å². The van der Waals surface area contributed by atoms with E-state index in [0.717, 1.165) is 19.3 Å². The molecule has 0 aromatic heterocycles. The van der Waals surface area contributed by atoms with Gasteiger partial charge >= 0.3 is 0 Å². The van der Waals surface area contributed by atoms with Crippen molar-refractivity contribution >= 4 is 47.6 Å². The number of nitrogens with two attached hydrogens (primary N) is 1. The average Bonchev–Trinajstić information content (AvgIpc) is 3.08. The van der Waals surface area contributed by atoms with Crippen LogP contribution in [0, 0.1) is 0 Å². The maximum Gasteiger partial charge on any atom is 0.255 e. The number of rotatable bonds is 7. The van der Waals surface area contributed by atoms with Crippen molar-refractivity contribution in [2.75, 3.05) is 18.2 Å². The Morgan fingerprint density at radius 2 is 2.08 bits per heavy atom. The zero-order valence-corrected chi connectivity index (χ0v) is 16.6. The second-order valence-corrected chi connectivity index (χ2v) is 7.32. The third-order valence-electron chi connectivity index (χ3n) is 4.07. The van der Waals surface area contributed by atoms with Crippen molar-refractivity contribution in [2.24, 2.45) is 5.73 Å². The molecule has 0 spiro atoms. The first-order valence-electron chi connectivity index (χ1n) is 8.21. The minimum atomic E-state index is -0.450. The van der Waals surface area contributed by atoms with Gasteiger partial charge in [0, 0.05) is 28.9 Å². The topological polar surface area (TPSA) is 75.4 Å². The van der Waals surface area contributed by atoms with E-state index in [1.54, 1.807) is 40.9 Å². The lowest BCUT2D eigenvalue weighted by molar-refractivity contribution is -0.125. The van der Waals surface area contributed by atoms with E-state index in [1.807, 2.05) is 0 Å². The molecule has 0 bridgehead atoms. The first kappa shape index (κ1) is 22.1. The monoisotopic (exact) mass is 405 g/mol. The van der Waals surface area contributed by atoms with Gasteiger partial charge in [-0.15, -0.1) is 24.2 Å². The zero-order valence-electron chi connectivity index (χ0n) is 14.2. The van der Waals surface area contributed by atoms with E-state index < -0.39 is 6.04 Å². The number of carbonyl (C=O) groups excluding carboxylic acids is 2. The third kappa shape index (κ3) is 6.06. The fourth-order valence-electron chi connectivity index (χ4n) is 2.62. The van der Waals surface area contributed by atoms with Crippen LogP contribution in [0.4, 0.5) is 0 Å². The second-order valence-electron chi connectivity index (χ2n) is 5.88. The summed E-state index contributed by atoms with van der Waals surface area (Å²) in [7, 11) is 0. The fourth-order valence-corrected chi connectivity index (χ4v) is 3.90. The molecule has 3 N–H and O–H groups in total. The van der Waals surface area contributed by atoms with Crippen molar-refractivity contribution in [3.05, 3.63) is 34.9 Å². The Morgan fingerprint density at radius 1 is 1.40 bits per heavy atom. The molecule has 1 saturated heterocycles. The summed E-state index contributed by atoms with van der Waals surface area (Å²) >= 11 is 7.45. The molecular formula is C17H25Cl2N3O2S. The number of nitrogens with zero attached hydrogens (tertiary/aromatic N) is 1. The van der Waals surface area contributed by atoms with Crippen LogP contribution in [-0.2, 0) is 4.79 Å². The molecule has 1 aromatic carbocycles. The van der Waals surface area contributed by atoms with Crippen LogP contribution in [0.2, 0.25) is 5.02 Å². The largest absolute Gasteiger partial charge is 0.350 e. The number of carbonyl (C=O) groups is 2. The maximum atomic E-state index is 12.7. The molecule has 1 aliphatic heterocycles. The van der Waals surface area contributed by atoms with Gasteiger partial charge in [0.15, 0.2) is 0 Å². The van der Waals surface area contributed by atoms with Crippen molar-refractivity contribution in [3.63, 3.8) is 0 Å². The minimum Gasteiger partial charge on any atom is -0.350 e. The maximum absolute atomic E-state index is 12.7. The van der Waals surface area contributed by atoms with Crippen LogP contribution in [-0.4, -0.2) is 47.0 Å². The molecule has 0 radical (unpaired) electrons. The van der Waals surface area contributed by atoms with Crippen molar-refractivity contribution in [1.29, 1.82) is 0 Å². The van der Waals surface area contributed by atoms with Gasteiger partial charge in [-0.05, 0) is 30.7 Å². The zero-order chi connectivity index (χ0) is 17.5. The predicted octanol–water partition coefficient (Wildman–Crippen LogP) is 2.91. The molecule has 1 aliphatic rings. The van der Waals surface area contributed by atoms with Crippen molar-refractivity contribution in [2.45, 2.75) is 38.3 Å². The van der Waals surface area contributed by atoms with Gasteiger partial charge in [0.1, 0.15) is 6.04 Å². The van der Waals surface area contributed by atoms with Crippen LogP contribution in [0.15, 0.2) is 24.3 Å². The van der Waals surface area contributed by atoms with Crippen molar-refractivity contribution in [1.82, 2.24) is 10.2 Å². The summed E-state index contributed by atoms with van der Waals surface area (Å²) in [6.45, 7) is 2.52. The summed E-state index contributed by atoms with van der Waals surface area (Å²) in [6, 6.07) is 6.26. The normalized spacial score (nSPS) is 17.7. The van der Waals surface area contributed by atoms with Crippen LogP contribution < -0.4 is 11.1 Å². The highest BCUT2D eigenvalue weighted by molar-refractivity contribution is 7.99. The fraction of sp³-hybridized carbons (Fsp3) is 0.529. The van der Waals surface area contributed by atoms with Crippen LogP contribution in [0.25, 0.3) is 0 Å². The number of hydrogen-bond donors (Lipinski definition) is 2. The lowest BCUT2D eigenvalue weighted by Gasteiger charge is -2.25. The first-order valence-corrected chi connectivity index (χ1v) is 9.74. The van der Waals surface area contributed by atoms with E-state index in [2.05, 4.69) is 12.2 Å². The second kappa shape index (κ2) is 10.9. The highest BCUT2D eigenvalue weighted by Crippen LogP contribution is 2.24. The molecule has 1 aromatic rings. The lowest BCUT2D eigenvalue weighted by atomic mass is 10.1. The molecule has 5 nitrogen and oxygen atoms in total. The minimum absolute atomic E-state index is 0. The van der Waals surface area contributed by atoms with E-state index >= 15 is 0 Å². The van der Waals surface area contributed by atoms with Crippen molar-refractivity contribution in [3.8, 4) is 0 Å². The lowest BCUT2D eigenvalue weighted by Crippen LogP contribution is -2.51. The van der Waals surface area contributed by atoms with Gasteiger partial charge in [-0.2, -0.15) is 0 Å². The van der Waals surface area contributed by atoms with Crippen LogP contribution >= 0.6 is 35.8 Å². The Kier molecular flexibility index (Phi) is 9.64. The van der Waals surface area contributed by atoms with E-state index in [0.29, 0.717) is 28.8 Å². The number of benzene rings is 1. The van der Waals surface area contributed by atoms with E-state index in [1.165, 1.54) is 0 Å². The highest BCUT2D eigenvalue weighted by Gasteiger charge is 2.35. The van der Waals surface area contributed by atoms with Gasteiger partial charge in [-0.3, -0.25) is 9.59 Å². The van der Waals surface area contributed by atoms with Gasteiger partial charge in [0.2, 0.25) is 5.91 Å². The Hall–Kier alpha value is -0.950. The molecule has 1 fully saturated rings. The smallest absolute Gasteiger partial charge is 0.255 e. The van der Waals surface area contributed by atoms with E-state index in [-0.39, 0.29) is 30.3 Å². The van der Waals surface area contributed by atoms with Crippen LogP contribution in [0.1, 0.15) is 36.5 Å². The molecule has 2 rings (SSSR count). The quantitative estimate of drug-likeness (QED) is 0.730. The Labute approximate surface area is 164 Å². The Bertz CT molecular complexity index is 572. The molecule has 1 heterocycles. The number of nitrogens with one attached hydrogen (secondary N) is 1. The standard InChI is InChI=1S/C17H24ClN3O2S.ClH/c1-2-3-4-14(9-19)20-16(22)15-10-24-11-21(15)17(23)12-5-7-13(18)8-6-12;/h5-8,14-15H,2-4,9-11,19H2,1H3,(H,20,22);1H. The molecule has 2 atom stereocenters. The van der Waals surface area contributed by atoms with Crippen LogP contribution in [0.5, 0.6) is 0 Å². The summed E-state index contributed by atoms with van der Waals surface area (Å²) < 4.78 is 0. The summed E-state index contributed by atoms with van der Waals surface area (Å²) in [6.07, 6.45) is 2.95. The van der Waals surface area contributed by atoms with Gasteiger partial charge in [0.25, 0.3) is 5.91 Å². The first-order chi connectivity index (χ1) is 11.6. The summed E-state index contributed by atoms with van der Waals surface area (Å²) in [5.74, 6) is 0.862. The van der Waals surface area contributed by atoms with E-state index in [9.17, 15) is 9.59 Å². The molecule has 25 heavy (non-hydrogen) atoms. The third-order valence-corrected chi connectivity index (χ3v) is 5.34. The van der Waals surface area contributed by atoms with Gasteiger partial charge in [-0.25, -0.2) is 0 Å².